The molecule has 1 aromatic heterocycles. The van der Waals surface area contributed by atoms with Crippen molar-refractivity contribution in [1.82, 2.24) is 15.5 Å². The van der Waals surface area contributed by atoms with Gasteiger partial charge in [0.25, 0.3) is 5.22 Å². The molecular weight excluding hydrogens is 310 g/mol. The summed E-state index contributed by atoms with van der Waals surface area (Å²) in [6, 6.07) is 8.49. The summed E-state index contributed by atoms with van der Waals surface area (Å²) < 4.78 is 5.56. The number of aromatic nitrogens is 2. The van der Waals surface area contributed by atoms with E-state index in [1.807, 2.05) is 6.07 Å². The number of aryl methyl sites for hydroxylation is 1. The topological polar surface area (TPSA) is 68.0 Å². The van der Waals surface area contributed by atoms with Crippen LogP contribution in [-0.2, 0) is 11.2 Å². The average Bonchev–Trinajstić information content (AvgIpc) is 3.32. The summed E-state index contributed by atoms with van der Waals surface area (Å²) in [5, 5.41) is 11.7. The van der Waals surface area contributed by atoms with Crippen LogP contribution in [0.1, 0.15) is 54.7 Å². The number of rotatable bonds is 5. The molecule has 1 saturated carbocycles. The fraction of sp³-hybridized carbons (Fsp3) is 0.471. The molecule has 4 rings (SSSR count). The highest BCUT2D eigenvalue weighted by molar-refractivity contribution is 7.99. The van der Waals surface area contributed by atoms with Gasteiger partial charge in [-0.1, -0.05) is 36.0 Å². The van der Waals surface area contributed by atoms with Gasteiger partial charge in [-0.3, -0.25) is 4.79 Å². The van der Waals surface area contributed by atoms with Crippen molar-refractivity contribution >= 4 is 17.7 Å². The lowest BCUT2D eigenvalue weighted by molar-refractivity contribution is -0.119. The van der Waals surface area contributed by atoms with E-state index in [9.17, 15) is 4.79 Å². The molecule has 0 unspecified atom stereocenters. The Hall–Kier alpha value is -1.82. The van der Waals surface area contributed by atoms with E-state index in [2.05, 4.69) is 33.7 Å². The summed E-state index contributed by atoms with van der Waals surface area (Å²) >= 11 is 1.31. The normalized spacial score (nSPS) is 20.1. The number of hydrogen-bond donors (Lipinski definition) is 1. The predicted molar refractivity (Wildman–Crippen MR) is 87.3 cm³/mol. The van der Waals surface area contributed by atoms with E-state index in [-0.39, 0.29) is 11.9 Å². The molecule has 1 atom stereocenters. The quantitative estimate of drug-likeness (QED) is 0.853. The van der Waals surface area contributed by atoms with Crippen molar-refractivity contribution in [2.75, 3.05) is 5.75 Å². The van der Waals surface area contributed by atoms with Crippen molar-refractivity contribution in [1.29, 1.82) is 0 Å². The Kier molecular flexibility index (Phi) is 4.08. The first-order valence-electron chi connectivity index (χ1n) is 8.13. The van der Waals surface area contributed by atoms with Crippen molar-refractivity contribution in [2.24, 2.45) is 0 Å². The van der Waals surface area contributed by atoms with Crippen LogP contribution in [0.15, 0.2) is 33.9 Å². The molecule has 120 valence electrons. The molecule has 2 aliphatic carbocycles. The van der Waals surface area contributed by atoms with Gasteiger partial charge in [-0.25, -0.2) is 0 Å². The Balaban J connectivity index is 1.33. The molecule has 1 N–H and O–H groups in total. The molecule has 1 heterocycles. The third kappa shape index (κ3) is 3.42. The summed E-state index contributed by atoms with van der Waals surface area (Å²) in [6.45, 7) is 0. The van der Waals surface area contributed by atoms with Crippen LogP contribution < -0.4 is 5.32 Å². The second kappa shape index (κ2) is 6.35. The van der Waals surface area contributed by atoms with Gasteiger partial charge in [-0.05, 0) is 43.2 Å². The maximum Gasteiger partial charge on any atom is 0.277 e. The van der Waals surface area contributed by atoms with Crippen molar-refractivity contribution < 1.29 is 9.21 Å². The summed E-state index contributed by atoms with van der Waals surface area (Å²) in [6.07, 6.45) is 5.48. The third-order valence-corrected chi connectivity index (χ3v) is 5.20. The molecule has 5 nitrogen and oxygen atoms in total. The first kappa shape index (κ1) is 14.8. The molecule has 6 heteroatoms. The highest BCUT2D eigenvalue weighted by atomic mass is 32.2. The number of nitrogens with zero attached hydrogens (tertiary/aromatic N) is 2. The molecular formula is C17H19N3O2S. The zero-order valence-corrected chi connectivity index (χ0v) is 13.6. The van der Waals surface area contributed by atoms with E-state index in [0.29, 0.717) is 22.8 Å². The molecule has 0 aliphatic heterocycles. The van der Waals surface area contributed by atoms with Crippen LogP contribution in [0.2, 0.25) is 0 Å². The van der Waals surface area contributed by atoms with Gasteiger partial charge in [0, 0.05) is 5.92 Å². The maximum absolute atomic E-state index is 12.2. The van der Waals surface area contributed by atoms with E-state index < -0.39 is 0 Å². The molecule has 2 aliphatic rings. The van der Waals surface area contributed by atoms with Gasteiger partial charge < -0.3 is 9.73 Å². The first-order chi connectivity index (χ1) is 11.3. The van der Waals surface area contributed by atoms with Crippen LogP contribution in [0.5, 0.6) is 0 Å². The SMILES string of the molecule is O=C(CSc1nnc(C2CC2)o1)N[C@H]1CCCc2ccccc21. The minimum Gasteiger partial charge on any atom is -0.416 e. The Morgan fingerprint density at radius 3 is 3.00 bits per heavy atom. The van der Waals surface area contributed by atoms with Gasteiger partial charge in [0.05, 0.1) is 11.8 Å². The number of carbonyl (C=O) groups excluding carboxylic acids is 1. The second-order valence-corrected chi connectivity index (χ2v) is 7.11. The van der Waals surface area contributed by atoms with Crippen molar-refractivity contribution in [2.45, 2.75) is 49.3 Å². The average molecular weight is 329 g/mol. The van der Waals surface area contributed by atoms with Crippen LogP contribution in [0.4, 0.5) is 0 Å². The smallest absolute Gasteiger partial charge is 0.277 e. The third-order valence-electron chi connectivity index (χ3n) is 4.38. The molecule has 23 heavy (non-hydrogen) atoms. The fourth-order valence-electron chi connectivity index (χ4n) is 3.04. The van der Waals surface area contributed by atoms with Gasteiger partial charge in [-0.15, -0.1) is 10.2 Å². The van der Waals surface area contributed by atoms with Crippen LogP contribution in [-0.4, -0.2) is 21.9 Å². The number of carbonyl (C=O) groups is 1. The molecule has 1 amide bonds. The van der Waals surface area contributed by atoms with E-state index in [1.165, 1.54) is 22.9 Å². The molecule has 0 radical (unpaired) electrons. The Morgan fingerprint density at radius 2 is 2.13 bits per heavy atom. The van der Waals surface area contributed by atoms with Crippen molar-refractivity contribution in [3.8, 4) is 0 Å². The Bertz CT molecular complexity index is 711. The molecule has 0 bridgehead atoms. The van der Waals surface area contributed by atoms with Gasteiger partial charge in [0.2, 0.25) is 11.8 Å². The Labute approximate surface area is 139 Å². The van der Waals surface area contributed by atoms with Gasteiger partial charge in [0.1, 0.15) is 0 Å². The number of amides is 1. The van der Waals surface area contributed by atoms with Gasteiger partial charge in [-0.2, -0.15) is 0 Å². The zero-order chi connectivity index (χ0) is 15.6. The number of thioether (sulfide) groups is 1. The predicted octanol–water partition coefficient (Wildman–Crippen LogP) is 3.23. The van der Waals surface area contributed by atoms with E-state index in [0.717, 1.165) is 32.1 Å². The van der Waals surface area contributed by atoms with Crippen molar-refractivity contribution in [3.05, 3.63) is 41.3 Å². The van der Waals surface area contributed by atoms with Gasteiger partial charge >= 0.3 is 0 Å². The highest BCUT2D eigenvalue weighted by Crippen LogP contribution is 2.39. The van der Waals surface area contributed by atoms with Crippen molar-refractivity contribution in [3.63, 3.8) is 0 Å². The van der Waals surface area contributed by atoms with E-state index in [1.54, 1.807) is 0 Å². The summed E-state index contributed by atoms with van der Waals surface area (Å²) in [7, 11) is 0. The number of fused-ring (bicyclic) bond motifs is 1. The number of nitrogens with one attached hydrogen (secondary N) is 1. The molecule has 0 spiro atoms. The minimum atomic E-state index is 0.0166. The van der Waals surface area contributed by atoms with Crippen LogP contribution in [0.3, 0.4) is 0 Å². The minimum absolute atomic E-state index is 0.0166. The molecule has 1 fully saturated rings. The molecule has 2 aromatic rings. The highest BCUT2D eigenvalue weighted by Gasteiger charge is 2.29. The van der Waals surface area contributed by atoms with E-state index in [4.69, 9.17) is 4.42 Å². The van der Waals surface area contributed by atoms with Crippen LogP contribution in [0, 0.1) is 0 Å². The zero-order valence-electron chi connectivity index (χ0n) is 12.8. The summed E-state index contributed by atoms with van der Waals surface area (Å²) in [4.78, 5) is 12.2. The molecule has 0 saturated heterocycles. The summed E-state index contributed by atoms with van der Waals surface area (Å²) in [5.41, 5.74) is 2.61. The van der Waals surface area contributed by atoms with Crippen LogP contribution in [0.25, 0.3) is 0 Å². The molecule has 1 aromatic carbocycles. The first-order valence-corrected chi connectivity index (χ1v) is 9.11. The van der Waals surface area contributed by atoms with Gasteiger partial charge in [0.15, 0.2) is 0 Å². The fourth-order valence-corrected chi connectivity index (χ4v) is 3.62. The van der Waals surface area contributed by atoms with Crippen LogP contribution >= 0.6 is 11.8 Å². The van der Waals surface area contributed by atoms with E-state index >= 15 is 0 Å². The monoisotopic (exact) mass is 329 g/mol. The maximum atomic E-state index is 12.2. The summed E-state index contributed by atoms with van der Waals surface area (Å²) in [5.74, 6) is 1.49. The lowest BCUT2D eigenvalue weighted by Crippen LogP contribution is -2.32. The standard InChI is InChI=1S/C17H19N3O2S/c21-15(10-23-17-20-19-16(22-17)12-8-9-12)18-14-7-3-5-11-4-1-2-6-13(11)14/h1-2,4,6,12,14H,3,5,7-10H2,(H,18,21)/t14-/m0/s1. The number of benzene rings is 1. The Morgan fingerprint density at radius 1 is 1.26 bits per heavy atom. The lowest BCUT2D eigenvalue weighted by atomic mass is 9.88. The lowest BCUT2D eigenvalue weighted by Gasteiger charge is -2.26. The second-order valence-electron chi connectivity index (χ2n) is 6.18. The largest absolute Gasteiger partial charge is 0.416 e. The number of hydrogen-bond acceptors (Lipinski definition) is 5.